The van der Waals surface area contributed by atoms with Gasteiger partial charge >= 0.3 is 0 Å². The van der Waals surface area contributed by atoms with Crippen LogP contribution in [0.5, 0.6) is 0 Å². The second-order valence-electron chi connectivity index (χ2n) is 7.31. The molecule has 6 nitrogen and oxygen atoms in total. The van der Waals surface area contributed by atoms with Gasteiger partial charge in [0.25, 0.3) is 11.5 Å². The lowest BCUT2D eigenvalue weighted by Gasteiger charge is -2.42. The molecular weight excluding hydrogens is 342 g/mol. The number of aromatic nitrogens is 2. The highest BCUT2D eigenvalue weighted by Gasteiger charge is 2.37. The molecule has 3 aromatic rings. The number of likely N-dealkylation sites (tertiary alicyclic amines) is 1. The van der Waals surface area contributed by atoms with E-state index in [2.05, 4.69) is 4.98 Å². The van der Waals surface area contributed by atoms with Crippen LogP contribution in [0.1, 0.15) is 28.4 Å². The van der Waals surface area contributed by atoms with E-state index in [4.69, 9.17) is 4.42 Å². The molecule has 2 bridgehead atoms. The number of rotatable bonds is 2. The molecule has 5 rings (SSSR count). The largest absolute Gasteiger partial charge is 0.464 e. The Kier molecular flexibility index (Phi) is 3.70. The summed E-state index contributed by atoms with van der Waals surface area (Å²) in [5.74, 6) is 1.10. The minimum Gasteiger partial charge on any atom is -0.464 e. The molecule has 6 heteroatoms. The van der Waals surface area contributed by atoms with Crippen LogP contribution in [0, 0.1) is 5.92 Å². The first-order valence-corrected chi connectivity index (χ1v) is 9.17. The standard InChI is InChI=1S/C21H19N3O3/c25-20(15-5-7-22-8-6-15)23-11-14-10-16(13-23)18-4-3-17(19-2-1-9-27-19)21(26)24(18)12-14/h1-9,14,16H,10-13H2/t14-,16-/m1/s1. The Hall–Kier alpha value is -3.15. The van der Waals surface area contributed by atoms with Crippen molar-refractivity contribution in [2.75, 3.05) is 13.1 Å². The molecule has 27 heavy (non-hydrogen) atoms. The van der Waals surface area contributed by atoms with Gasteiger partial charge in [-0.25, -0.2) is 0 Å². The van der Waals surface area contributed by atoms with Crippen LogP contribution in [0.3, 0.4) is 0 Å². The highest BCUT2D eigenvalue weighted by molar-refractivity contribution is 5.94. The Morgan fingerprint density at radius 2 is 1.93 bits per heavy atom. The van der Waals surface area contributed by atoms with Crippen LogP contribution in [0.2, 0.25) is 0 Å². The molecule has 136 valence electrons. The number of piperidine rings is 1. The summed E-state index contributed by atoms with van der Waals surface area (Å²) in [6.45, 7) is 1.95. The quantitative estimate of drug-likeness (QED) is 0.704. The van der Waals surface area contributed by atoms with Gasteiger partial charge in [0.2, 0.25) is 0 Å². The maximum atomic E-state index is 13.0. The number of hydrogen-bond donors (Lipinski definition) is 0. The minimum atomic E-state index is -0.00828. The molecule has 0 N–H and O–H groups in total. The predicted molar refractivity (Wildman–Crippen MR) is 99.4 cm³/mol. The van der Waals surface area contributed by atoms with E-state index in [0.29, 0.717) is 36.5 Å². The number of furan rings is 1. The van der Waals surface area contributed by atoms with Gasteiger partial charge in [-0.1, -0.05) is 0 Å². The van der Waals surface area contributed by atoms with Crippen molar-refractivity contribution in [2.24, 2.45) is 5.92 Å². The summed E-state index contributed by atoms with van der Waals surface area (Å²) in [6.07, 6.45) is 5.88. The number of fused-ring (bicyclic) bond motifs is 4. The molecule has 0 radical (unpaired) electrons. The number of carbonyl (C=O) groups is 1. The van der Waals surface area contributed by atoms with Crippen molar-refractivity contribution in [2.45, 2.75) is 18.9 Å². The summed E-state index contributed by atoms with van der Waals surface area (Å²) in [6, 6.07) is 11.0. The van der Waals surface area contributed by atoms with E-state index in [-0.39, 0.29) is 23.3 Å². The van der Waals surface area contributed by atoms with Crippen molar-refractivity contribution < 1.29 is 9.21 Å². The molecule has 0 spiro atoms. The van der Waals surface area contributed by atoms with E-state index in [1.807, 2.05) is 27.7 Å². The molecular formula is C21H19N3O3. The highest BCUT2D eigenvalue weighted by atomic mass is 16.3. The zero-order valence-corrected chi connectivity index (χ0v) is 14.7. The van der Waals surface area contributed by atoms with E-state index in [0.717, 1.165) is 12.1 Å². The molecule has 2 aliphatic rings. The van der Waals surface area contributed by atoms with Crippen LogP contribution in [-0.4, -0.2) is 33.4 Å². The lowest BCUT2D eigenvalue weighted by molar-refractivity contribution is 0.0594. The normalized spacial score (nSPS) is 21.0. The second-order valence-corrected chi connectivity index (χ2v) is 7.31. The third-order valence-corrected chi connectivity index (χ3v) is 5.61. The van der Waals surface area contributed by atoms with E-state index >= 15 is 0 Å². The maximum absolute atomic E-state index is 13.0. The maximum Gasteiger partial charge on any atom is 0.261 e. The third-order valence-electron chi connectivity index (χ3n) is 5.61. The molecule has 1 amide bonds. The van der Waals surface area contributed by atoms with Gasteiger partial charge in [0.15, 0.2) is 0 Å². The summed E-state index contributed by atoms with van der Waals surface area (Å²) in [5.41, 5.74) is 2.26. The number of pyridine rings is 2. The molecule has 2 atom stereocenters. The van der Waals surface area contributed by atoms with Crippen LogP contribution in [0.25, 0.3) is 11.3 Å². The molecule has 5 heterocycles. The van der Waals surface area contributed by atoms with Crippen LogP contribution < -0.4 is 5.56 Å². The van der Waals surface area contributed by atoms with Crippen LogP contribution in [0.15, 0.2) is 64.3 Å². The van der Waals surface area contributed by atoms with Crippen LogP contribution >= 0.6 is 0 Å². The summed E-state index contributed by atoms with van der Waals surface area (Å²) in [5, 5.41) is 0. The summed E-state index contributed by atoms with van der Waals surface area (Å²) < 4.78 is 7.29. The number of hydrogen-bond acceptors (Lipinski definition) is 4. The van der Waals surface area contributed by atoms with Crippen molar-refractivity contribution >= 4 is 5.91 Å². The molecule has 1 fully saturated rings. The highest BCUT2D eigenvalue weighted by Crippen LogP contribution is 2.36. The van der Waals surface area contributed by atoms with Gasteiger partial charge in [-0.15, -0.1) is 0 Å². The first-order chi connectivity index (χ1) is 13.2. The molecule has 0 unspecified atom stereocenters. The first kappa shape index (κ1) is 16.1. The number of carbonyl (C=O) groups excluding carboxylic acids is 1. The predicted octanol–water partition coefficient (Wildman–Crippen LogP) is 2.76. The Bertz CT molecular complexity index is 1040. The molecule has 1 saturated heterocycles. The SMILES string of the molecule is O=C(c1ccncc1)N1C[C@H]2C[C@H](C1)c1ccc(-c3ccco3)c(=O)n1C2. The average Bonchev–Trinajstić information content (AvgIpc) is 3.23. The monoisotopic (exact) mass is 361 g/mol. The Morgan fingerprint density at radius 3 is 2.70 bits per heavy atom. The number of amides is 1. The third kappa shape index (κ3) is 2.68. The number of nitrogens with zero attached hydrogens (tertiary/aromatic N) is 3. The molecule has 0 aromatic carbocycles. The smallest absolute Gasteiger partial charge is 0.261 e. The Morgan fingerprint density at radius 1 is 1.07 bits per heavy atom. The zero-order valence-electron chi connectivity index (χ0n) is 14.7. The van der Waals surface area contributed by atoms with Gasteiger partial charge < -0.3 is 13.9 Å². The fraction of sp³-hybridized carbons (Fsp3) is 0.286. The lowest BCUT2D eigenvalue weighted by atomic mass is 9.82. The van der Waals surface area contributed by atoms with E-state index in [1.165, 1.54) is 0 Å². The average molecular weight is 361 g/mol. The van der Waals surface area contributed by atoms with Gasteiger partial charge in [0.05, 0.1) is 11.8 Å². The van der Waals surface area contributed by atoms with Crippen molar-refractivity contribution in [1.82, 2.24) is 14.5 Å². The first-order valence-electron chi connectivity index (χ1n) is 9.17. The van der Waals surface area contributed by atoms with E-state index < -0.39 is 0 Å². The van der Waals surface area contributed by atoms with Crippen molar-refractivity contribution in [1.29, 1.82) is 0 Å². The molecule has 2 aliphatic heterocycles. The summed E-state index contributed by atoms with van der Waals surface area (Å²) in [7, 11) is 0. The second kappa shape index (κ2) is 6.23. The van der Waals surface area contributed by atoms with Crippen LogP contribution in [0.4, 0.5) is 0 Å². The fourth-order valence-electron chi connectivity index (χ4n) is 4.41. The molecule has 0 aliphatic carbocycles. The van der Waals surface area contributed by atoms with Crippen molar-refractivity contribution in [3.05, 3.63) is 76.7 Å². The summed E-state index contributed by atoms with van der Waals surface area (Å²) in [4.78, 5) is 31.7. The van der Waals surface area contributed by atoms with Gasteiger partial charge in [-0.05, 0) is 48.7 Å². The fourth-order valence-corrected chi connectivity index (χ4v) is 4.41. The molecule has 3 aromatic heterocycles. The lowest BCUT2D eigenvalue weighted by Crippen LogP contribution is -2.49. The van der Waals surface area contributed by atoms with Crippen molar-refractivity contribution in [3.63, 3.8) is 0 Å². The van der Waals surface area contributed by atoms with Gasteiger partial charge in [-0.2, -0.15) is 0 Å². The topological polar surface area (TPSA) is 68.3 Å². The Labute approximate surface area is 156 Å². The van der Waals surface area contributed by atoms with E-state index in [9.17, 15) is 9.59 Å². The van der Waals surface area contributed by atoms with Gasteiger partial charge in [0, 0.05) is 49.2 Å². The van der Waals surface area contributed by atoms with Gasteiger partial charge in [-0.3, -0.25) is 14.6 Å². The van der Waals surface area contributed by atoms with Crippen LogP contribution in [-0.2, 0) is 6.54 Å². The summed E-state index contributed by atoms with van der Waals surface area (Å²) >= 11 is 0. The minimum absolute atomic E-state index is 0.00828. The molecule has 0 saturated carbocycles. The Balaban J connectivity index is 1.47. The van der Waals surface area contributed by atoms with Crippen molar-refractivity contribution in [3.8, 4) is 11.3 Å². The zero-order chi connectivity index (χ0) is 18.4. The van der Waals surface area contributed by atoms with Gasteiger partial charge in [0.1, 0.15) is 5.76 Å². The van der Waals surface area contributed by atoms with E-state index in [1.54, 1.807) is 36.9 Å².